The molecule has 1 amide bonds. The lowest BCUT2D eigenvalue weighted by Crippen LogP contribution is -2.43. The molecule has 5 nitrogen and oxygen atoms in total. The molecule has 2 aliphatic heterocycles. The van der Waals surface area contributed by atoms with Crippen LogP contribution in [0.2, 0.25) is 0 Å². The summed E-state index contributed by atoms with van der Waals surface area (Å²) in [6, 6.07) is 7.62. The third kappa shape index (κ3) is 2.70. The van der Waals surface area contributed by atoms with Crippen LogP contribution in [-0.2, 0) is 20.9 Å². The topological polar surface area (TPSA) is 75.6 Å². The van der Waals surface area contributed by atoms with Gasteiger partial charge in [0.1, 0.15) is 0 Å². The van der Waals surface area contributed by atoms with Crippen molar-refractivity contribution in [1.82, 2.24) is 5.32 Å². The van der Waals surface area contributed by atoms with Crippen LogP contribution in [0.4, 0.5) is 0 Å². The minimum absolute atomic E-state index is 0.231. The number of aliphatic carboxylic acids is 1. The van der Waals surface area contributed by atoms with Gasteiger partial charge in [0, 0.05) is 11.0 Å². The molecule has 2 heterocycles. The number of rotatable bonds is 4. The molecular formula is C15H16BrNO4. The molecule has 0 aliphatic carbocycles. The smallest absolute Gasteiger partial charge is 0.310 e. The Morgan fingerprint density at radius 2 is 1.90 bits per heavy atom. The lowest BCUT2D eigenvalue weighted by molar-refractivity contribution is -0.147. The quantitative estimate of drug-likeness (QED) is 0.867. The van der Waals surface area contributed by atoms with Crippen LogP contribution >= 0.6 is 15.9 Å². The fraction of sp³-hybridized carbons (Fsp3) is 0.467. The number of carbonyl (C=O) groups excluding carboxylic acids is 1. The minimum atomic E-state index is -0.941. The Hall–Kier alpha value is -1.40. The number of benzene rings is 1. The van der Waals surface area contributed by atoms with Gasteiger partial charge in [-0.15, -0.1) is 0 Å². The Balaban J connectivity index is 1.68. The second-order valence-electron chi connectivity index (χ2n) is 5.49. The van der Waals surface area contributed by atoms with Crippen LogP contribution in [-0.4, -0.2) is 29.2 Å². The SMILES string of the molecule is O=C(O)[C@H]1[C@H](C(=O)NCc2ccccc2Br)[C@H]2CC[C@H]1O2. The first-order chi connectivity index (χ1) is 10.1. The molecule has 0 unspecified atom stereocenters. The zero-order valence-corrected chi connectivity index (χ0v) is 12.9. The van der Waals surface area contributed by atoms with Crippen molar-refractivity contribution in [3.63, 3.8) is 0 Å². The number of fused-ring (bicyclic) bond motifs is 2. The zero-order valence-electron chi connectivity index (χ0n) is 11.3. The van der Waals surface area contributed by atoms with E-state index in [1.807, 2.05) is 24.3 Å². The van der Waals surface area contributed by atoms with Gasteiger partial charge in [-0.2, -0.15) is 0 Å². The van der Waals surface area contributed by atoms with Crippen molar-refractivity contribution in [2.75, 3.05) is 0 Å². The minimum Gasteiger partial charge on any atom is -0.481 e. The van der Waals surface area contributed by atoms with E-state index in [2.05, 4.69) is 21.2 Å². The molecule has 4 atom stereocenters. The van der Waals surface area contributed by atoms with E-state index in [1.54, 1.807) is 0 Å². The Kier molecular flexibility index (Phi) is 3.99. The van der Waals surface area contributed by atoms with E-state index in [-0.39, 0.29) is 18.1 Å². The molecule has 2 fully saturated rings. The maximum atomic E-state index is 12.4. The molecule has 2 aliphatic rings. The Morgan fingerprint density at radius 1 is 1.24 bits per heavy atom. The summed E-state index contributed by atoms with van der Waals surface area (Å²) in [6.45, 7) is 0.375. The highest BCUT2D eigenvalue weighted by atomic mass is 79.9. The lowest BCUT2D eigenvalue weighted by Gasteiger charge is -2.24. The average Bonchev–Trinajstić information content (AvgIpc) is 3.06. The maximum Gasteiger partial charge on any atom is 0.310 e. The highest BCUT2D eigenvalue weighted by Crippen LogP contribution is 2.43. The number of carbonyl (C=O) groups is 2. The van der Waals surface area contributed by atoms with Crippen LogP contribution in [0.1, 0.15) is 18.4 Å². The summed E-state index contributed by atoms with van der Waals surface area (Å²) >= 11 is 3.43. The molecule has 0 aromatic heterocycles. The van der Waals surface area contributed by atoms with Gasteiger partial charge in [-0.3, -0.25) is 9.59 Å². The van der Waals surface area contributed by atoms with Crippen molar-refractivity contribution < 1.29 is 19.4 Å². The molecule has 1 aromatic rings. The van der Waals surface area contributed by atoms with Gasteiger partial charge in [0.05, 0.1) is 24.0 Å². The van der Waals surface area contributed by atoms with Gasteiger partial charge in [-0.25, -0.2) is 0 Å². The molecule has 2 bridgehead atoms. The third-order valence-corrected chi connectivity index (χ3v) is 5.05. The van der Waals surface area contributed by atoms with Gasteiger partial charge < -0.3 is 15.2 Å². The summed E-state index contributed by atoms with van der Waals surface area (Å²) in [6.07, 6.45) is 0.930. The van der Waals surface area contributed by atoms with Crippen LogP contribution < -0.4 is 5.32 Å². The molecule has 2 N–H and O–H groups in total. The Labute approximate surface area is 130 Å². The lowest BCUT2D eigenvalue weighted by atomic mass is 9.78. The van der Waals surface area contributed by atoms with Crippen molar-refractivity contribution in [2.24, 2.45) is 11.8 Å². The molecule has 1 aromatic carbocycles. The van der Waals surface area contributed by atoms with E-state index in [0.29, 0.717) is 6.54 Å². The second kappa shape index (κ2) is 5.77. The maximum absolute atomic E-state index is 12.4. The number of amides is 1. The van der Waals surface area contributed by atoms with Crippen molar-refractivity contribution in [3.05, 3.63) is 34.3 Å². The summed E-state index contributed by atoms with van der Waals surface area (Å²) < 4.78 is 6.53. The number of hydrogen-bond donors (Lipinski definition) is 2. The number of ether oxygens (including phenoxy) is 1. The van der Waals surface area contributed by atoms with E-state index in [1.165, 1.54) is 0 Å². The van der Waals surface area contributed by atoms with Gasteiger partial charge in [-0.05, 0) is 24.5 Å². The van der Waals surface area contributed by atoms with Crippen LogP contribution in [0.3, 0.4) is 0 Å². The molecular weight excluding hydrogens is 338 g/mol. The number of carboxylic acids is 1. The summed E-state index contributed by atoms with van der Waals surface area (Å²) in [5, 5.41) is 12.2. The molecule has 0 spiro atoms. The summed E-state index contributed by atoms with van der Waals surface area (Å²) in [5.41, 5.74) is 0.960. The summed E-state index contributed by atoms with van der Waals surface area (Å²) in [7, 11) is 0. The first-order valence-electron chi connectivity index (χ1n) is 6.97. The van der Waals surface area contributed by atoms with E-state index < -0.39 is 17.8 Å². The molecule has 0 saturated carbocycles. The van der Waals surface area contributed by atoms with Crippen molar-refractivity contribution in [3.8, 4) is 0 Å². The monoisotopic (exact) mass is 353 g/mol. The van der Waals surface area contributed by atoms with Crippen molar-refractivity contribution in [2.45, 2.75) is 31.6 Å². The van der Waals surface area contributed by atoms with Gasteiger partial charge in [-0.1, -0.05) is 34.1 Å². The Morgan fingerprint density at radius 3 is 2.57 bits per heavy atom. The summed E-state index contributed by atoms with van der Waals surface area (Å²) in [5.74, 6) is -2.47. The molecule has 21 heavy (non-hydrogen) atoms. The number of hydrogen-bond acceptors (Lipinski definition) is 3. The average molecular weight is 354 g/mol. The molecule has 3 rings (SSSR count). The number of nitrogens with one attached hydrogen (secondary N) is 1. The molecule has 0 radical (unpaired) electrons. The van der Waals surface area contributed by atoms with Crippen LogP contribution in [0.5, 0.6) is 0 Å². The number of halogens is 1. The predicted molar refractivity (Wildman–Crippen MR) is 78.5 cm³/mol. The van der Waals surface area contributed by atoms with Crippen LogP contribution in [0.15, 0.2) is 28.7 Å². The fourth-order valence-electron chi connectivity index (χ4n) is 3.27. The normalized spacial score (nSPS) is 30.3. The van der Waals surface area contributed by atoms with Crippen molar-refractivity contribution >= 4 is 27.8 Å². The second-order valence-corrected chi connectivity index (χ2v) is 6.34. The van der Waals surface area contributed by atoms with Crippen LogP contribution in [0, 0.1) is 11.8 Å². The fourth-order valence-corrected chi connectivity index (χ4v) is 3.69. The Bertz CT molecular complexity index is 577. The van der Waals surface area contributed by atoms with E-state index in [9.17, 15) is 14.7 Å². The van der Waals surface area contributed by atoms with E-state index in [4.69, 9.17) is 4.74 Å². The van der Waals surface area contributed by atoms with Gasteiger partial charge >= 0.3 is 5.97 Å². The van der Waals surface area contributed by atoms with E-state index >= 15 is 0 Å². The van der Waals surface area contributed by atoms with Crippen LogP contribution in [0.25, 0.3) is 0 Å². The summed E-state index contributed by atoms with van der Waals surface area (Å²) in [4.78, 5) is 23.7. The molecule has 112 valence electrons. The van der Waals surface area contributed by atoms with Gasteiger partial charge in [0.25, 0.3) is 0 Å². The highest BCUT2D eigenvalue weighted by molar-refractivity contribution is 9.10. The third-order valence-electron chi connectivity index (χ3n) is 4.27. The van der Waals surface area contributed by atoms with Crippen molar-refractivity contribution in [1.29, 1.82) is 0 Å². The largest absolute Gasteiger partial charge is 0.481 e. The standard InChI is InChI=1S/C15H16BrNO4/c16-9-4-2-1-3-8(9)7-17-14(18)12-10-5-6-11(21-10)13(12)15(19)20/h1-4,10-13H,5-7H2,(H,17,18)(H,19,20)/t10-,11-,12-,13-/m1/s1. The first kappa shape index (κ1) is 14.5. The van der Waals surface area contributed by atoms with Gasteiger partial charge in [0.2, 0.25) is 5.91 Å². The predicted octanol–water partition coefficient (Wildman–Crippen LogP) is 1.94. The van der Waals surface area contributed by atoms with Gasteiger partial charge in [0.15, 0.2) is 0 Å². The molecule has 2 saturated heterocycles. The van der Waals surface area contributed by atoms with E-state index in [0.717, 1.165) is 22.9 Å². The molecule has 6 heteroatoms. The zero-order chi connectivity index (χ0) is 15.0. The first-order valence-corrected chi connectivity index (χ1v) is 7.76. The highest BCUT2D eigenvalue weighted by Gasteiger charge is 2.55. The number of carboxylic acid groups (broad SMARTS) is 1.